The fourth-order valence-electron chi connectivity index (χ4n) is 1.58. The molecule has 1 aromatic rings. The van der Waals surface area contributed by atoms with E-state index in [1.54, 1.807) is 0 Å². The van der Waals surface area contributed by atoms with Crippen molar-refractivity contribution >= 4 is 18.4 Å². The van der Waals surface area contributed by atoms with Crippen LogP contribution in [0.5, 0.6) is 0 Å². The van der Waals surface area contributed by atoms with Crippen LogP contribution in [-0.2, 0) is 0 Å². The Labute approximate surface area is 90.0 Å². The summed E-state index contributed by atoms with van der Waals surface area (Å²) in [4.78, 5) is 6.20. The van der Waals surface area contributed by atoms with Gasteiger partial charge in [0, 0.05) is 7.05 Å². The van der Waals surface area contributed by atoms with Crippen molar-refractivity contribution in [1.29, 1.82) is 0 Å². The van der Waals surface area contributed by atoms with Crippen LogP contribution in [0.2, 0.25) is 0 Å². The van der Waals surface area contributed by atoms with Gasteiger partial charge in [0.15, 0.2) is 5.96 Å². The Morgan fingerprint density at radius 2 is 2.00 bits per heavy atom. The second kappa shape index (κ2) is 4.33. The first kappa shape index (κ1) is 10.9. The number of hydrogen-bond acceptors (Lipinski definition) is 3. The summed E-state index contributed by atoms with van der Waals surface area (Å²) in [7, 11) is 1.98. The second-order valence-corrected chi connectivity index (χ2v) is 3.24. The van der Waals surface area contributed by atoms with E-state index in [-0.39, 0.29) is 12.4 Å². The largest absolute Gasteiger partial charge is 0.370 e. The lowest BCUT2D eigenvalue weighted by Gasteiger charge is -2.21. The van der Waals surface area contributed by atoms with Crippen molar-refractivity contribution in [3.8, 4) is 0 Å². The molecule has 1 aromatic carbocycles. The third kappa shape index (κ3) is 1.82. The molecule has 0 aliphatic carbocycles. The molecule has 1 heterocycles. The second-order valence-electron chi connectivity index (χ2n) is 3.24. The number of likely N-dealkylation sites (N-methyl/N-ethyl adjacent to an activating group) is 1. The maximum atomic E-state index is 5.68. The molecule has 1 atom stereocenters. The molecule has 1 unspecified atom stereocenters. The van der Waals surface area contributed by atoms with Gasteiger partial charge in [-0.05, 0) is 5.56 Å². The summed E-state index contributed by atoms with van der Waals surface area (Å²) in [6, 6.07) is 10.6. The van der Waals surface area contributed by atoms with E-state index in [2.05, 4.69) is 17.1 Å². The van der Waals surface area contributed by atoms with Gasteiger partial charge in [-0.3, -0.25) is 4.99 Å². The van der Waals surface area contributed by atoms with Crippen molar-refractivity contribution in [2.24, 2.45) is 10.7 Å². The van der Waals surface area contributed by atoms with E-state index in [1.165, 1.54) is 5.56 Å². The quantitative estimate of drug-likeness (QED) is 0.763. The van der Waals surface area contributed by atoms with Gasteiger partial charge in [0.25, 0.3) is 0 Å². The Balaban J connectivity index is 0.000000980. The highest BCUT2D eigenvalue weighted by Gasteiger charge is 2.23. The Morgan fingerprint density at radius 1 is 1.36 bits per heavy atom. The Kier molecular flexibility index (Phi) is 3.36. The number of halogens is 1. The minimum atomic E-state index is 0. The predicted molar refractivity (Wildman–Crippen MR) is 60.7 cm³/mol. The van der Waals surface area contributed by atoms with Gasteiger partial charge in [0.2, 0.25) is 0 Å². The number of guanidine groups is 1. The zero-order valence-corrected chi connectivity index (χ0v) is 8.87. The molecule has 0 spiro atoms. The monoisotopic (exact) mass is 211 g/mol. The minimum Gasteiger partial charge on any atom is -0.370 e. The zero-order valence-electron chi connectivity index (χ0n) is 8.05. The summed E-state index contributed by atoms with van der Waals surface area (Å²) in [5.41, 5.74) is 6.95. The molecular formula is C10H14ClN3. The Bertz CT molecular complexity index is 323. The average molecular weight is 212 g/mol. The van der Waals surface area contributed by atoms with Crippen LogP contribution in [0.25, 0.3) is 0 Å². The van der Waals surface area contributed by atoms with Gasteiger partial charge in [-0.15, -0.1) is 12.4 Å². The van der Waals surface area contributed by atoms with E-state index in [1.807, 2.05) is 30.1 Å². The molecule has 0 radical (unpaired) electrons. The summed E-state index contributed by atoms with van der Waals surface area (Å²) < 4.78 is 0. The predicted octanol–water partition coefficient (Wildman–Crippen LogP) is 1.41. The first-order valence-electron chi connectivity index (χ1n) is 4.37. The summed E-state index contributed by atoms with van der Waals surface area (Å²) >= 11 is 0. The highest BCUT2D eigenvalue weighted by Crippen LogP contribution is 2.22. The van der Waals surface area contributed by atoms with Crippen LogP contribution in [-0.4, -0.2) is 24.5 Å². The maximum Gasteiger partial charge on any atom is 0.191 e. The van der Waals surface area contributed by atoms with Gasteiger partial charge in [0.1, 0.15) is 0 Å². The Hall–Kier alpha value is -1.22. The van der Waals surface area contributed by atoms with Crippen LogP contribution in [0.15, 0.2) is 35.3 Å². The number of hydrogen-bond donors (Lipinski definition) is 1. The van der Waals surface area contributed by atoms with Crippen LogP contribution >= 0.6 is 12.4 Å². The SMILES string of the molecule is CN1C(N)=NCC1c1ccccc1.Cl. The molecule has 0 amide bonds. The normalized spacial score (nSPS) is 20.2. The summed E-state index contributed by atoms with van der Waals surface area (Å²) in [5, 5.41) is 0. The number of benzene rings is 1. The molecule has 76 valence electrons. The molecule has 4 heteroatoms. The lowest BCUT2D eigenvalue weighted by Crippen LogP contribution is -2.32. The summed E-state index contributed by atoms with van der Waals surface area (Å²) in [6.07, 6.45) is 0. The zero-order chi connectivity index (χ0) is 9.26. The van der Waals surface area contributed by atoms with Crippen LogP contribution < -0.4 is 5.73 Å². The van der Waals surface area contributed by atoms with Crippen molar-refractivity contribution < 1.29 is 0 Å². The lowest BCUT2D eigenvalue weighted by molar-refractivity contribution is 0.414. The van der Waals surface area contributed by atoms with Crippen molar-refractivity contribution in [2.45, 2.75) is 6.04 Å². The number of nitrogens with two attached hydrogens (primary N) is 1. The highest BCUT2D eigenvalue weighted by molar-refractivity contribution is 5.85. The summed E-state index contributed by atoms with van der Waals surface area (Å²) in [5.74, 6) is 0.633. The molecule has 2 N–H and O–H groups in total. The molecule has 1 aliphatic heterocycles. The van der Waals surface area contributed by atoms with Crippen molar-refractivity contribution in [3.63, 3.8) is 0 Å². The molecule has 0 fully saturated rings. The molecule has 2 rings (SSSR count). The van der Waals surface area contributed by atoms with Gasteiger partial charge in [-0.25, -0.2) is 0 Å². The van der Waals surface area contributed by atoms with Gasteiger partial charge in [0.05, 0.1) is 12.6 Å². The van der Waals surface area contributed by atoms with Crippen molar-refractivity contribution in [1.82, 2.24) is 4.90 Å². The molecule has 3 nitrogen and oxygen atoms in total. The molecule has 14 heavy (non-hydrogen) atoms. The topological polar surface area (TPSA) is 41.6 Å². The van der Waals surface area contributed by atoms with E-state index >= 15 is 0 Å². The van der Waals surface area contributed by atoms with E-state index in [9.17, 15) is 0 Å². The smallest absolute Gasteiger partial charge is 0.191 e. The van der Waals surface area contributed by atoms with Crippen LogP contribution in [0, 0.1) is 0 Å². The highest BCUT2D eigenvalue weighted by atomic mass is 35.5. The first-order chi connectivity index (χ1) is 6.29. The first-order valence-corrected chi connectivity index (χ1v) is 4.37. The van der Waals surface area contributed by atoms with Crippen LogP contribution in [0.4, 0.5) is 0 Å². The lowest BCUT2D eigenvalue weighted by atomic mass is 10.1. The maximum absolute atomic E-state index is 5.68. The van der Waals surface area contributed by atoms with Gasteiger partial charge in [-0.1, -0.05) is 30.3 Å². The molecule has 1 aliphatic rings. The molecule has 0 bridgehead atoms. The van der Waals surface area contributed by atoms with Crippen molar-refractivity contribution in [3.05, 3.63) is 35.9 Å². The number of rotatable bonds is 1. The number of aliphatic imine (C=N–C) groups is 1. The number of nitrogens with zero attached hydrogens (tertiary/aromatic N) is 2. The van der Waals surface area contributed by atoms with E-state index in [0.717, 1.165) is 6.54 Å². The molecule has 0 saturated carbocycles. The van der Waals surface area contributed by atoms with Crippen LogP contribution in [0.3, 0.4) is 0 Å². The van der Waals surface area contributed by atoms with E-state index in [4.69, 9.17) is 5.73 Å². The third-order valence-corrected chi connectivity index (χ3v) is 2.44. The minimum absolute atomic E-state index is 0. The van der Waals surface area contributed by atoms with Gasteiger partial charge >= 0.3 is 0 Å². The fourth-order valence-corrected chi connectivity index (χ4v) is 1.58. The molecule has 0 aromatic heterocycles. The Morgan fingerprint density at radius 3 is 2.50 bits per heavy atom. The van der Waals surface area contributed by atoms with Gasteiger partial charge < -0.3 is 10.6 Å². The standard InChI is InChI=1S/C10H13N3.ClH/c1-13-9(7-12-10(13)11)8-5-3-2-4-6-8;/h2-6,9H,7H2,1H3,(H2,11,12);1H. The molecule has 0 saturated heterocycles. The van der Waals surface area contributed by atoms with E-state index < -0.39 is 0 Å². The summed E-state index contributed by atoms with van der Waals surface area (Å²) in [6.45, 7) is 0.770. The third-order valence-electron chi connectivity index (χ3n) is 2.44. The van der Waals surface area contributed by atoms with Crippen LogP contribution in [0.1, 0.15) is 11.6 Å². The fraction of sp³-hybridized carbons (Fsp3) is 0.300. The van der Waals surface area contributed by atoms with Crippen molar-refractivity contribution in [2.75, 3.05) is 13.6 Å². The average Bonchev–Trinajstić information content (AvgIpc) is 2.49. The van der Waals surface area contributed by atoms with E-state index in [0.29, 0.717) is 12.0 Å². The molecular weight excluding hydrogens is 198 g/mol. The van der Waals surface area contributed by atoms with Gasteiger partial charge in [-0.2, -0.15) is 0 Å².